The lowest BCUT2D eigenvalue weighted by Gasteiger charge is -2.40. The van der Waals surface area contributed by atoms with Gasteiger partial charge in [0, 0.05) is 47.5 Å². The molecule has 11 heteroatoms. The molecule has 0 spiro atoms. The van der Waals surface area contributed by atoms with Gasteiger partial charge in [-0.05, 0) is 30.7 Å². The summed E-state index contributed by atoms with van der Waals surface area (Å²) >= 11 is 7.30. The van der Waals surface area contributed by atoms with Gasteiger partial charge < -0.3 is 14.6 Å². The zero-order valence-corrected chi connectivity index (χ0v) is 19.3. The van der Waals surface area contributed by atoms with Crippen molar-refractivity contribution in [2.45, 2.75) is 19.0 Å². The normalized spacial score (nSPS) is 18.2. The monoisotopic (exact) mass is 482 g/mol. The number of piperazine rings is 1. The summed E-state index contributed by atoms with van der Waals surface area (Å²) in [6.07, 6.45) is 3.83. The topological polar surface area (TPSA) is 95.6 Å². The molecule has 3 aromatic rings. The second kappa shape index (κ2) is 9.25. The molecule has 8 nitrogen and oxygen atoms in total. The molecule has 166 valence electrons. The molecule has 1 aliphatic heterocycles. The fourth-order valence-corrected chi connectivity index (χ4v) is 6.41. The SMILES string of the molecule is COCC1CN(S(=O)(=O)CCc2ccc(Cl)s2)CC(=O)N1Cc1cc2cnccc2[nH]1. The van der Waals surface area contributed by atoms with E-state index in [4.69, 9.17) is 16.3 Å². The molecule has 3 aromatic heterocycles. The maximum absolute atomic E-state index is 13.0. The van der Waals surface area contributed by atoms with Gasteiger partial charge in [0.05, 0.1) is 35.8 Å². The minimum atomic E-state index is -3.60. The third-order valence-corrected chi connectivity index (χ3v) is 8.37. The number of ether oxygens (including phenoxy) is 1. The van der Waals surface area contributed by atoms with E-state index in [1.807, 2.05) is 18.2 Å². The predicted molar refractivity (Wildman–Crippen MR) is 121 cm³/mol. The van der Waals surface area contributed by atoms with Crippen molar-refractivity contribution in [2.75, 3.05) is 32.6 Å². The summed E-state index contributed by atoms with van der Waals surface area (Å²) < 4.78 is 33.0. The molecule has 1 amide bonds. The molecular weight excluding hydrogens is 460 g/mol. The average Bonchev–Trinajstić information content (AvgIpc) is 3.34. The van der Waals surface area contributed by atoms with Gasteiger partial charge in [-0.2, -0.15) is 4.31 Å². The van der Waals surface area contributed by atoms with Crippen LogP contribution in [0.5, 0.6) is 0 Å². The first-order chi connectivity index (χ1) is 14.9. The van der Waals surface area contributed by atoms with Gasteiger partial charge in [-0.25, -0.2) is 8.42 Å². The molecule has 0 radical (unpaired) electrons. The Balaban J connectivity index is 1.47. The van der Waals surface area contributed by atoms with Crippen molar-refractivity contribution in [3.63, 3.8) is 0 Å². The Bertz CT molecular complexity index is 1140. The lowest BCUT2D eigenvalue weighted by Crippen LogP contribution is -2.59. The molecule has 1 N–H and O–H groups in total. The van der Waals surface area contributed by atoms with Crippen LogP contribution in [0.3, 0.4) is 0 Å². The highest BCUT2D eigenvalue weighted by Crippen LogP contribution is 2.24. The van der Waals surface area contributed by atoms with Gasteiger partial charge in [0.1, 0.15) is 0 Å². The maximum Gasteiger partial charge on any atom is 0.238 e. The standard InChI is InChI=1S/C20H23ClN4O4S2/c1-29-13-16-11-24(31(27,28)7-5-17-2-3-19(21)30-17)12-20(26)25(16)10-15-8-14-9-22-6-4-18(14)23-15/h2-4,6,8-9,16,23H,5,7,10-13H2,1H3. The molecule has 0 bridgehead atoms. The third-order valence-electron chi connectivity index (χ3n) is 5.29. The Morgan fingerprint density at radius 2 is 2.19 bits per heavy atom. The highest BCUT2D eigenvalue weighted by atomic mass is 35.5. The van der Waals surface area contributed by atoms with Crippen LogP contribution in [0, 0.1) is 0 Å². The number of rotatable bonds is 8. The number of pyridine rings is 1. The van der Waals surface area contributed by atoms with E-state index in [0.717, 1.165) is 21.5 Å². The first-order valence-corrected chi connectivity index (χ1v) is 12.6. The average molecular weight is 483 g/mol. The summed E-state index contributed by atoms with van der Waals surface area (Å²) in [6.45, 7) is 0.633. The van der Waals surface area contributed by atoms with E-state index in [1.165, 1.54) is 15.6 Å². The van der Waals surface area contributed by atoms with Crippen LogP contribution in [-0.4, -0.2) is 72.1 Å². The van der Waals surface area contributed by atoms with Crippen LogP contribution in [0.15, 0.2) is 36.7 Å². The van der Waals surface area contributed by atoms with Gasteiger partial charge in [0.2, 0.25) is 15.9 Å². The predicted octanol–water partition coefficient (Wildman–Crippen LogP) is 2.51. The molecule has 1 saturated heterocycles. The van der Waals surface area contributed by atoms with Crippen molar-refractivity contribution in [1.29, 1.82) is 0 Å². The molecule has 4 rings (SSSR count). The van der Waals surface area contributed by atoms with E-state index in [2.05, 4.69) is 9.97 Å². The first-order valence-electron chi connectivity index (χ1n) is 9.78. The molecule has 1 fully saturated rings. The molecule has 1 unspecified atom stereocenters. The van der Waals surface area contributed by atoms with E-state index in [0.29, 0.717) is 17.3 Å². The molecule has 31 heavy (non-hydrogen) atoms. The van der Waals surface area contributed by atoms with Crippen LogP contribution < -0.4 is 0 Å². The second-order valence-corrected chi connectivity index (χ2v) is 11.3. The second-order valence-electron chi connectivity index (χ2n) is 7.45. The number of nitrogens with zero attached hydrogens (tertiary/aromatic N) is 3. The smallest absolute Gasteiger partial charge is 0.238 e. The molecule has 1 atom stereocenters. The van der Waals surface area contributed by atoms with E-state index >= 15 is 0 Å². The quantitative estimate of drug-likeness (QED) is 0.532. The zero-order chi connectivity index (χ0) is 22.0. The largest absolute Gasteiger partial charge is 0.382 e. The van der Waals surface area contributed by atoms with Crippen molar-refractivity contribution in [3.05, 3.63) is 51.6 Å². The number of amides is 1. The fraction of sp³-hybridized carbons (Fsp3) is 0.400. The molecule has 4 heterocycles. The Labute approximate surface area is 189 Å². The van der Waals surface area contributed by atoms with Crippen molar-refractivity contribution >= 4 is 49.8 Å². The summed E-state index contributed by atoms with van der Waals surface area (Å²) in [5.41, 5.74) is 1.80. The van der Waals surface area contributed by atoms with Gasteiger partial charge in [-0.3, -0.25) is 9.78 Å². The summed E-state index contributed by atoms with van der Waals surface area (Å²) in [6, 6.07) is 7.04. The van der Waals surface area contributed by atoms with Crippen LogP contribution in [0.2, 0.25) is 4.34 Å². The van der Waals surface area contributed by atoms with Gasteiger partial charge in [0.25, 0.3) is 0 Å². The zero-order valence-electron chi connectivity index (χ0n) is 17.0. The maximum atomic E-state index is 13.0. The highest BCUT2D eigenvalue weighted by Gasteiger charge is 2.37. The Morgan fingerprint density at radius 1 is 1.35 bits per heavy atom. The molecule has 0 aromatic carbocycles. The minimum absolute atomic E-state index is 0.0636. The number of H-pyrrole nitrogens is 1. The van der Waals surface area contributed by atoms with Crippen LogP contribution in [0.25, 0.3) is 10.9 Å². The number of thiophene rings is 1. The summed E-state index contributed by atoms with van der Waals surface area (Å²) in [5.74, 6) is -0.306. The van der Waals surface area contributed by atoms with Crippen LogP contribution >= 0.6 is 22.9 Å². The molecular formula is C20H23ClN4O4S2. The number of carbonyl (C=O) groups is 1. The minimum Gasteiger partial charge on any atom is -0.382 e. The number of methoxy groups -OCH3 is 1. The summed E-state index contributed by atoms with van der Waals surface area (Å²) in [5, 5.41) is 0.961. The number of halogens is 1. The van der Waals surface area contributed by atoms with Crippen molar-refractivity contribution < 1.29 is 17.9 Å². The molecule has 1 aliphatic rings. The number of fused-ring (bicyclic) bond motifs is 1. The fourth-order valence-electron chi connectivity index (χ4n) is 3.75. The van der Waals surface area contributed by atoms with Gasteiger partial charge in [0.15, 0.2) is 0 Å². The molecule has 0 saturated carbocycles. The third kappa shape index (κ3) is 5.09. The number of nitrogens with one attached hydrogen (secondary N) is 1. The van der Waals surface area contributed by atoms with E-state index in [-0.39, 0.29) is 37.4 Å². The molecule has 0 aliphatic carbocycles. The van der Waals surface area contributed by atoms with Crippen molar-refractivity contribution in [2.24, 2.45) is 0 Å². The van der Waals surface area contributed by atoms with Crippen molar-refractivity contribution in [3.8, 4) is 0 Å². The van der Waals surface area contributed by atoms with Crippen LogP contribution in [-0.2, 0) is 32.5 Å². The Morgan fingerprint density at radius 3 is 2.90 bits per heavy atom. The summed E-state index contributed by atoms with van der Waals surface area (Å²) in [4.78, 5) is 22.9. The number of sulfonamides is 1. The van der Waals surface area contributed by atoms with Gasteiger partial charge in [-0.1, -0.05) is 11.6 Å². The van der Waals surface area contributed by atoms with Crippen LogP contribution in [0.1, 0.15) is 10.6 Å². The number of aromatic amines is 1. The lowest BCUT2D eigenvalue weighted by atomic mass is 10.2. The van der Waals surface area contributed by atoms with Crippen molar-refractivity contribution in [1.82, 2.24) is 19.2 Å². The summed E-state index contributed by atoms with van der Waals surface area (Å²) in [7, 11) is -2.05. The number of carbonyl (C=O) groups excluding carboxylic acids is 1. The van der Waals surface area contributed by atoms with Gasteiger partial charge >= 0.3 is 0 Å². The Hall–Kier alpha value is -1.98. The number of hydrogen-bond acceptors (Lipinski definition) is 6. The number of hydrogen-bond donors (Lipinski definition) is 1. The first kappa shape index (κ1) is 22.2. The van der Waals surface area contributed by atoms with E-state index in [1.54, 1.807) is 30.5 Å². The van der Waals surface area contributed by atoms with Gasteiger partial charge in [-0.15, -0.1) is 11.3 Å². The highest BCUT2D eigenvalue weighted by molar-refractivity contribution is 7.89. The van der Waals surface area contributed by atoms with E-state index < -0.39 is 10.0 Å². The van der Waals surface area contributed by atoms with Crippen LogP contribution in [0.4, 0.5) is 0 Å². The van der Waals surface area contributed by atoms with E-state index in [9.17, 15) is 13.2 Å². The Kier molecular flexibility index (Phi) is 6.63. The number of aromatic nitrogens is 2. The number of aryl methyl sites for hydroxylation is 1. The lowest BCUT2D eigenvalue weighted by molar-refractivity contribution is -0.140.